The Bertz CT molecular complexity index is 732. The van der Waals surface area contributed by atoms with Crippen LogP contribution in [0.1, 0.15) is 18.9 Å². The molecule has 1 aromatic heterocycles. The number of aromatic nitrogens is 1. The third kappa shape index (κ3) is 2.39. The minimum Gasteiger partial charge on any atom is -0.337 e. The van der Waals surface area contributed by atoms with Gasteiger partial charge in [0.05, 0.1) is 29.7 Å². The number of fused-ring (bicyclic) bond motifs is 3. The quantitative estimate of drug-likeness (QED) is 0.868. The van der Waals surface area contributed by atoms with Crippen molar-refractivity contribution >= 4 is 28.5 Å². The van der Waals surface area contributed by atoms with Crippen LogP contribution in [0.3, 0.4) is 0 Å². The van der Waals surface area contributed by atoms with E-state index in [4.69, 9.17) is 4.84 Å². The molecule has 2 aliphatic rings. The molecule has 22 heavy (non-hydrogen) atoms. The van der Waals surface area contributed by atoms with Gasteiger partial charge in [0, 0.05) is 19.0 Å². The van der Waals surface area contributed by atoms with Gasteiger partial charge in [0.15, 0.2) is 0 Å². The number of hydroxylamine groups is 2. The highest BCUT2D eigenvalue weighted by molar-refractivity contribution is 8.03. The second kappa shape index (κ2) is 5.91. The molecule has 0 aliphatic carbocycles. The van der Waals surface area contributed by atoms with Crippen molar-refractivity contribution in [2.75, 3.05) is 24.9 Å². The van der Waals surface area contributed by atoms with Crippen LogP contribution >= 0.6 is 10.8 Å². The lowest BCUT2D eigenvalue weighted by Gasteiger charge is -2.30. The van der Waals surface area contributed by atoms with E-state index in [9.17, 15) is 4.55 Å². The lowest BCUT2D eigenvalue weighted by Crippen LogP contribution is -2.30. The molecule has 3 heterocycles. The predicted molar refractivity (Wildman–Crippen MR) is 91.3 cm³/mol. The Kier molecular flexibility index (Phi) is 4.12. The summed E-state index contributed by atoms with van der Waals surface area (Å²) in [4.78, 5) is 12.1. The lowest BCUT2D eigenvalue weighted by atomic mass is 10.2. The average Bonchev–Trinajstić information content (AvgIpc) is 2.89. The summed E-state index contributed by atoms with van der Waals surface area (Å²) in [6.07, 6.45) is 8.75. The van der Waals surface area contributed by atoms with Crippen molar-refractivity contribution < 1.29 is 9.39 Å². The van der Waals surface area contributed by atoms with Gasteiger partial charge >= 0.3 is 0 Å². The van der Waals surface area contributed by atoms with E-state index < -0.39 is 10.8 Å². The summed E-state index contributed by atoms with van der Waals surface area (Å²) in [6, 6.07) is 0. The van der Waals surface area contributed by atoms with Crippen molar-refractivity contribution in [3.8, 4) is 0 Å². The molecule has 0 aromatic carbocycles. The summed E-state index contributed by atoms with van der Waals surface area (Å²) < 4.78 is 13.3. The molecule has 1 atom stereocenters. The Morgan fingerprint density at radius 3 is 2.86 bits per heavy atom. The van der Waals surface area contributed by atoms with Crippen LogP contribution in [-0.4, -0.2) is 40.4 Å². The van der Waals surface area contributed by atoms with E-state index in [2.05, 4.69) is 27.6 Å². The SMILES string of the molecule is CCCn1cc(C)c(=S(C)O)c2c1N1CN(OC)C=C1C=N2. The van der Waals surface area contributed by atoms with Gasteiger partial charge in [-0.15, -0.1) is 0 Å². The van der Waals surface area contributed by atoms with E-state index in [1.165, 1.54) is 0 Å². The number of nitrogens with zero attached hydrogens (tertiary/aromatic N) is 4. The first-order chi connectivity index (χ1) is 10.6. The van der Waals surface area contributed by atoms with Crippen LogP contribution in [0.2, 0.25) is 0 Å². The molecule has 3 rings (SSSR count). The number of allylic oxidation sites excluding steroid dienone is 1. The highest BCUT2D eigenvalue weighted by Crippen LogP contribution is 2.40. The van der Waals surface area contributed by atoms with Gasteiger partial charge in [-0.3, -0.25) is 4.84 Å². The first kappa shape index (κ1) is 15.3. The highest BCUT2D eigenvalue weighted by atomic mass is 32.2. The van der Waals surface area contributed by atoms with Crippen LogP contribution in [0.4, 0.5) is 11.5 Å². The first-order valence-electron chi connectivity index (χ1n) is 7.33. The fourth-order valence-electron chi connectivity index (χ4n) is 2.97. The molecule has 1 unspecified atom stereocenters. The van der Waals surface area contributed by atoms with Crippen LogP contribution in [0.25, 0.3) is 0 Å². The summed E-state index contributed by atoms with van der Waals surface area (Å²) in [6.45, 7) is 5.74. The summed E-state index contributed by atoms with van der Waals surface area (Å²) >= 11 is 0. The molecule has 0 radical (unpaired) electrons. The number of hydrogen-bond donors (Lipinski definition) is 1. The Balaban J connectivity index is 2.26. The Morgan fingerprint density at radius 2 is 2.23 bits per heavy atom. The second-order valence-corrected chi connectivity index (χ2v) is 6.83. The largest absolute Gasteiger partial charge is 0.337 e. The first-order valence-corrected chi connectivity index (χ1v) is 8.92. The van der Waals surface area contributed by atoms with E-state index in [0.29, 0.717) is 6.67 Å². The molecule has 0 saturated heterocycles. The van der Waals surface area contributed by atoms with E-state index in [-0.39, 0.29) is 0 Å². The van der Waals surface area contributed by atoms with Crippen LogP contribution in [0.15, 0.2) is 23.1 Å². The van der Waals surface area contributed by atoms with E-state index in [0.717, 1.165) is 40.2 Å². The van der Waals surface area contributed by atoms with Gasteiger partial charge in [0.1, 0.15) is 18.2 Å². The third-order valence-electron chi connectivity index (χ3n) is 3.85. The minimum absolute atomic E-state index is 0.625. The molecule has 7 heteroatoms. The zero-order valence-electron chi connectivity index (χ0n) is 13.4. The molecule has 1 aromatic rings. The fraction of sp³-hybridized carbons (Fsp3) is 0.467. The molecular formula is C15H22N4O2S. The van der Waals surface area contributed by atoms with Gasteiger partial charge in [0.25, 0.3) is 0 Å². The standard InChI is InChI=1S/C15H22N4O2S/c1-5-6-17-8-11(2)14(22(4)20)13-15(17)19-10-18(21-3)9-12(19)7-16-13/h7-9,20H,5-6,10H2,1-4H3. The van der Waals surface area contributed by atoms with Crippen molar-refractivity contribution in [1.29, 1.82) is 0 Å². The molecule has 0 spiro atoms. The zero-order chi connectivity index (χ0) is 15.9. The van der Waals surface area contributed by atoms with Gasteiger partial charge < -0.3 is 14.0 Å². The van der Waals surface area contributed by atoms with Gasteiger partial charge in [0.2, 0.25) is 0 Å². The molecular weight excluding hydrogens is 300 g/mol. The molecule has 120 valence electrons. The number of pyridine rings is 1. The summed E-state index contributed by atoms with van der Waals surface area (Å²) in [7, 11) is 0.830. The zero-order valence-corrected chi connectivity index (χ0v) is 14.2. The summed E-state index contributed by atoms with van der Waals surface area (Å²) in [5.74, 6) is 1.03. The second-order valence-electron chi connectivity index (χ2n) is 5.47. The van der Waals surface area contributed by atoms with Gasteiger partial charge in [-0.25, -0.2) is 10.1 Å². The number of rotatable bonds is 3. The fourth-order valence-corrected chi connectivity index (χ4v) is 3.92. The van der Waals surface area contributed by atoms with Crippen molar-refractivity contribution in [2.45, 2.75) is 26.8 Å². The maximum Gasteiger partial charge on any atom is 0.142 e. The Morgan fingerprint density at radius 1 is 1.45 bits per heavy atom. The number of aliphatic imine (C=N–C) groups is 1. The van der Waals surface area contributed by atoms with Crippen LogP contribution < -0.4 is 4.90 Å². The number of hydrogen-bond acceptors (Lipinski definition) is 5. The minimum atomic E-state index is -0.829. The van der Waals surface area contributed by atoms with Crippen LogP contribution in [0, 0.1) is 11.4 Å². The molecule has 0 saturated carbocycles. The number of aryl methyl sites for hydroxylation is 2. The number of anilines is 1. The van der Waals surface area contributed by atoms with Crippen molar-refractivity contribution in [1.82, 2.24) is 9.63 Å². The maximum atomic E-state index is 10.2. The van der Waals surface area contributed by atoms with Crippen molar-refractivity contribution in [3.05, 3.63) is 28.2 Å². The topological polar surface area (TPSA) is 53.2 Å². The highest BCUT2D eigenvalue weighted by Gasteiger charge is 2.29. The van der Waals surface area contributed by atoms with Crippen LogP contribution in [-0.2, 0) is 11.4 Å². The smallest absolute Gasteiger partial charge is 0.142 e. The summed E-state index contributed by atoms with van der Waals surface area (Å²) in [5, 5.41) is 1.77. The summed E-state index contributed by atoms with van der Waals surface area (Å²) in [5.41, 5.74) is 2.95. The van der Waals surface area contributed by atoms with Crippen molar-refractivity contribution in [2.24, 2.45) is 4.99 Å². The molecule has 2 aliphatic heterocycles. The van der Waals surface area contributed by atoms with E-state index in [1.807, 2.05) is 25.6 Å². The van der Waals surface area contributed by atoms with E-state index in [1.54, 1.807) is 12.2 Å². The van der Waals surface area contributed by atoms with Crippen LogP contribution in [0.5, 0.6) is 0 Å². The van der Waals surface area contributed by atoms with E-state index >= 15 is 0 Å². The third-order valence-corrected chi connectivity index (χ3v) is 4.96. The van der Waals surface area contributed by atoms with Gasteiger partial charge in [-0.05, 0) is 18.9 Å². The molecule has 0 fully saturated rings. The van der Waals surface area contributed by atoms with Gasteiger partial charge in [-0.1, -0.05) is 17.7 Å². The van der Waals surface area contributed by atoms with Crippen molar-refractivity contribution in [3.63, 3.8) is 0 Å². The monoisotopic (exact) mass is 322 g/mol. The Labute approximate surface area is 133 Å². The molecule has 0 amide bonds. The molecule has 6 nitrogen and oxygen atoms in total. The lowest BCUT2D eigenvalue weighted by molar-refractivity contribution is -0.0791. The predicted octanol–water partition coefficient (Wildman–Crippen LogP) is 3.31. The normalized spacial score (nSPS) is 18.2. The Hall–Kier alpha value is -1.57. The molecule has 1 N–H and O–H groups in total. The average molecular weight is 322 g/mol. The van der Waals surface area contributed by atoms with Gasteiger partial charge in [-0.2, -0.15) is 0 Å². The maximum absolute atomic E-state index is 10.2. The molecule has 0 bridgehead atoms.